The van der Waals surface area contributed by atoms with Crippen molar-refractivity contribution in [1.29, 1.82) is 0 Å². The van der Waals surface area contributed by atoms with Gasteiger partial charge in [0.25, 0.3) is 5.91 Å². The molecule has 0 saturated heterocycles. The summed E-state index contributed by atoms with van der Waals surface area (Å²) < 4.78 is 0. The predicted octanol–water partition coefficient (Wildman–Crippen LogP) is 4.80. The highest BCUT2D eigenvalue weighted by Gasteiger charge is 2.24. The fourth-order valence-electron chi connectivity index (χ4n) is 2.77. The van der Waals surface area contributed by atoms with E-state index in [1.165, 1.54) is 11.3 Å². The van der Waals surface area contributed by atoms with Gasteiger partial charge in [-0.15, -0.1) is 11.3 Å². The van der Waals surface area contributed by atoms with Crippen molar-refractivity contribution >= 4 is 46.4 Å². The average molecular weight is 448 g/mol. The van der Waals surface area contributed by atoms with E-state index in [0.717, 1.165) is 11.3 Å². The van der Waals surface area contributed by atoms with Gasteiger partial charge < -0.3 is 10.2 Å². The molecule has 5 nitrogen and oxygen atoms in total. The number of benzene rings is 1. The molecule has 1 unspecified atom stereocenters. The van der Waals surface area contributed by atoms with Crippen molar-refractivity contribution in [3.8, 4) is 0 Å². The van der Waals surface area contributed by atoms with E-state index in [1.807, 2.05) is 29.6 Å². The molecule has 0 radical (unpaired) electrons. The summed E-state index contributed by atoms with van der Waals surface area (Å²) in [5, 5.41) is 5.46. The maximum Gasteiger partial charge on any atom is 0.261 e. The lowest BCUT2D eigenvalue weighted by Crippen LogP contribution is -2.46. The zero-order valence-electron chi connectivity index (χ0n) is 15.6. The van der Waals surface area contributed by atoms with Gasteiger partial charge in [0.1, 0.15) is 6.04 Å². The van der Waals surface area contributed by atoms with E-state index >= 15 is 0 Å². The van der Waals surface area contributed by atoms with Crippen molar-refractivity contribution in [2.75, 3.05) is 0 Å². The van der Waals surface area contributed by atoms with E-state index in [-0.39, 0.29) is 11.8 Å². The van der Waals surface area contributed by atoms with Crippen LogP contribution in [0, 0.1) is 0 Å². The summed E-state index contributed by atoms with van der Waals surface area (Å²) in [7, 11) is 0. The Morgan fingerprint density at radius 2 is 1.93 bits per heavy atom. The monoisotopic (exact) mass is 447 g/mol. The Morgan fingerprint density at radius 1 is 1.10 bits per heavy atom. The molecule has 3 rings (SSSR count). The molecule has 1 aromatic carbocycles. The third kappa shape index (κ3) is 5.79. The van der Waals surface area contributed by atoms with E-state index in [2.05, 4.69) is 10.3 Å². The second-order valence-corrected chi connectivity index (χ2v) is 8.20. The van der Waals surface area contributed by atoms with Crippen LogP contribution in [0.1, 0.15) is 27.9 Å². The van der Waals surface area contributed by atoms with Gasteiger partial charge >= 0.3 is 0 Å². The lowest BCUT2D eigenvalue weighted by atomic mass is 10.1. The van der Waals surface area contributed by atoms with E-state index in [4.69, 9.17) is 23.2 Å². The van der Waals surface area contributed by atoms with Crippen LogP contribution < -0.4 is 5.32 Å². The fraction of sp³-hybridized carbons (Fsp3) is 0.190. The smallest absolute Gasteiger partial charge is 0.261 e. The van der Waals surface area contributed by atoms with Gasteiger partial charge in [-0.2, -0.15) is 0 Å². The summed E-state index contributed by atoms with van der Waals surface area (Å²) >= 11 is 13.4. The number of hydrogen-bond acceptors (Lipinski definition) is 4. The average Bonchev–Trinajstić information content (AvgIpc) is 3.25. The molecule has 150 valence electrons. The first kappa shape index (κ1) is 21.3. The number of nitrogens with zero attached hydrogens (tertiary/aromatic N) is 2. The SMILES string of the molecule is CC(NC(=O)c1cccs1)C(=O)N(Cc1ccc(Cl)c(Cl)c1)Cc1ccccn1. The van der Waals surface area contributed by atoms with Gasteiger partial charge in [0.2, 0.25) is 5.91 Å². The number of hydrogen-bond donors (Lipinski definition) is 1. The number of nitrogens with one attached hydrogen (secondary N) is 1. The second-order valence-electron chi connectivity index (χ2n) is 6.44. The van der Waals surface area contributed by atoms with Crippen LogP contribution in [0.4, 0.5) is 0 Å². The number of aromatic nitrogens is 1. The molecule has 2 aromatic heterocycles. The van der Waals surface area contributed by atoms with E-state index in [9.17, 15) is 9.59 Å². The third-order valence-electron chi connectivity index (χ3n) is 4.21. The molecule has 0 saturated carbocycles. The van der Waals surface area contributed by atoms with Gasteiger partial charge in [0.15, 0.2) is 0 Å². The Hall–Kier alpha value is -2.41. The van der Waals surface area contributed by atoms with Gasteiger partial charge in [-0.3, -0.25) is 14.6 Å². The molecule has 1 N–H and O–H groups in total. The Kier molecular flexibility index (Phi) is 7.25. The number of rotatable bonds is 7. The Bertz CT molecular complexity index is 981. The van der Waals surface area contributed by atoms with Crippen LogP contribution in [-0.2, 0) is 17.9 Å². The van der Waals surface area contributed by atoms with Crippen LogP contribution in [0.25, 0.3) is 0 Å². The zero-order chi connectivity index (χ0) is 20.8. The lowest BCUT2D eigenvalue weighted by Gasteiger charge is -2.26. The Morgan fingerprint density at radius 3 is 2.59 bits per heavy atom. The van der Waals surface area contributed by atoms with Crippen molar-refractivity contribution in [2.45, 2.75) is 26.1 Å². The highest BCUT2D eigenvalue weighted by Crippen LogP contribution is 2.23. The summed E-state index contributed by atoms with van der Waals surface area (Å²) in [6.45, 7) is 2.29. The Labute approximate surface area is 183 Å². The molecule has 2 heterocycles. The summed E-state index contributed by atoms with van der Waals surface area (Å²) in [4.78, 5) is 32.0. The van der Waals surface area contributed by atoms with E-state index in [0.29, 0.717) is 28.0 Å². The summed E-state index contributed by atoms with van der Waals surface area (Å²) in [5.74, 6) is -0.486. The largest absolute Gasteiger partial charge is 0.340 e. The molecule has 3 aromatic rings. The minimum absolute atomic E-state index is 0.216. The summed E-state index contributed by atoms with van der Waals surface area (Å²) in [6.07, 6.45) is 1.68. The standard InChI is InChI=1S/C21H19Cl2N3O2S/c1-14(25-20(27)19-6-4-10-29-19)21(28)26(13-16-5-2-3-9-24-16)12-15-7-8-17(22)18(23)11-15/h2-11,14H,12-13H2,1H3,(H,25,27). The molecule has 0 fully saturated rings. The number of halogens is 2. The van der Waals surface area contributed by atoms with Gasteiger partial charge in [0, 0.05) is 12.7 Å². The van der Waals surface area contributed by atoms with Crippen LogP contribution >= 0.6 is 34.5 Å². The van der Waals surface area contributed by atoms with Crippen molar-refractivity contribution < 1.29 is 9.59 Å². The molecule has 1 atom stereocenters. The molecule has 0 bridgehead atoms. The van der Waals surface area contributed by atoms with Crippen molar-refractivity contribution in [3.63, 3.8) is 0 Å². The molecule has 0 aliphatic carbocycles. The van der Waals surface area contributed by atoms with Gasteiger partial charge in [-0.05, 0) is 48.2 Å². The normalized spacial score (nSPS) is 11.7. The highest BCUT2D eigenvalue weighted by atomic mass is 35.5. The summed E-state index contributed by atoms with van der Waals surface area (Å²) in [5.41, 5.74) is 1.58. The van der Waals surface area contributed by atoms with E-state index in [1.54, 1.807) is 42.3 Å². The maximum atomic E-state index is 13.1. The van der Waals surface area contributed by atoms with Gasteiger partial charge in [-0.1, -0.05) is 41.4 Å². The Balaban J connectivity index is 1.77. The molecule has 2 amide bonds. The predicted molar refractivity (Wildman–Crippen MR) is 116 cm³/mol. The molecule has 0 aliphatic heterocycles. The maximum absolute atomic E-state index is 13.1. The molecule has 8 heteroatoms. The first-order valence-corrected chi connectivity index (χ1v) is 10.5. The first-order valence-electron chi connectivity index (χ1n) is 8.91. The fourth-order valence-corrected chi connectivity index (χ4v) is 3.72. The van der Waals surface area contributed by atoms with Gasteiger partial charge in [-0.25, -0.2) is 0 Å². The number of carbonyl (C=O) groups excluding carboxylic acids is 2. The third-order valence-corrected chi connectivity index (χ3v) is 5.82. The number of thiophene rings is 1. The van der Waals surface area contributed by atoms with Crippen molar-refractivity contribution in [1.82, 2.24) is 15.2 Å². The van der Waals surface area contributed by atoms with Crippen LogP contribution in [0.2, 0.25) is 10.0 Å². The molecule has 29 heavy (non-hydrogen) atoms. The van der Waals surface area contributed by atoms with E-state index < -0.39 is 6.04 Å². The molecular formula is C21H19Cl2N3O2S. The highest BCUT2D eigenvalue weighted by molar-refractivity contribution is 7.12. The second kappa shape index (κ2) is 9.87. The minimum atomic E-state index is -0.698. The first-order chi connectivity index (χ1) is 13.9. The van der Waals surface area contributed by atoms with Crippen LogP contribution in [0.3, 0.4) is 0 Å². The number of pyridine rings is 1. The summed E-state index contributed by atoms with van der Waals surface area (Å²) in [6, 6.07) is 13.6. The van der Waals surface area contributed by atoms with Crippen molar-refractivity contribution in [2.24, 2.45) is 0 Å². The van der Waals surface area contributed by atoms with Crippen molar-refractivity contribution in [3.05, 3.63) is 86.3 Å². The molecular weight excluding hydrogens is 429 g/mol. The number of amides is 2. The lowest BCUT2D eigenvalue weighted by molar-refractivity contribution is -0.134. The zero-order valence-corrected chi connectivity index (χ0v) is 18.0. The van der Waals surface area contributed by atoms with Crippen LogP contribution in [0.5, 0.6) is 0 Å². The van der Waals surface area contributed by atoms with Crippen LogP contribution in [-0.4, -0.2) is 27.7 Å². The molecule has 0 aliphatic rings. The number of carbonyl (C=O) groups is 2. The van der Waals surface area contributed by atoms with Crippen LogP contribution in [0.15, 0.2) is 60.1 Å². The minimum Gasteiger partial charge on any atom is -0.340 e. The molecule has 0 spiro atoms. The van der Waals surface area contributed by atoms with Gasteiger partial charge in [0.05, 0.1) is 27.2 Å². The topological polar surface area (TPSA) is 62.3 Å². The quantitative estimate of drug-likeness (QED) is 0.565.